The predicted molar refractivity (Wildman–Crippen MR) is 66.3 cm³/mol. The molecule has 0 aliphatic rings. The molecule has 1 atom stereocenters. The molecule has 2 N–H and O–H groups in total. The van der Waals surface area contributed by atoms with Crippen LogP contribution in [0.2, 0.25) is 0 Å². The summed E-state index contributed by atoms with van der Waals surface area (Å²) in [6, 6.07) is 6.07. The topological polar surface area (TPSA) is 41.1 Å². The normalized spacial score (nSPS) is 12.2. The van der Waals surface area contributed by atoms with Crippen LogP contribution in [-0.4, -0.2) is 19.0 Å². The Morgan fingerprint density at radius 1 is 1.31 bits per heavy atom. The number of aryl methyl sites for hydroxylation is 2. The number of carbonyl (C=O) groups excluding carboxylic acids is 1. The highest BCUT2D eigenvalue weighted by atomic mass is 16.2. The smallest absolute Gasteiger partial charge is 0.236 e. The lowest BCUT2D eigenvalue weighted by Gasteiger charge is -2.15. The van der Waals surface area contributed by atoms with E-state index in [-0.39, 0.29) is 11.9 Å². The van der Waals surface area contributed by atoms with E-state index in [1.807, 2.05) is 6.92 Å². The van der Waals surface area contributed by atoms with Gasteiger partial charge in [-0.05, 0) is 37.5 Å². The summed E-state index contributed by atoms with van der Waals surface area (Å²) in [7, 11) is 1.65. The molecule has 3 heteroatoms. The van der Waals surface area contributed by atoms with Crippen LogP contribution in [0, 0.1) is 13.8 Å². The van der Waals surface area contributed by atoms with Crippen LogP contribution in [0.1, 0.15) is 23.6 Å². The van der Waals surface area contributed by atoms with Crippen molar-refractivity contribution in [3.05, 3.63) is 34.9 Å². The van der Waals surface area contributed by atoms with Crippen molar-refractivity contribution < 1.29 is 4.79 Å². The molecule has 0 bridgehead atoms. The average Bonchev–Trinajstić information content (AvgIpc) is 2.27. The molecule has 0 saturated carbocycles. The first-order valence-corrected chi connectivity index (χ1v) is 5.56. The van der Waals surface area contributed by atoms with Crippen molar-refractivity contribution in [2.45, 2.75) is 33.4 Å². The molecule has 1 aromatic carbocycles. The minimum Gasteiger partial charge on any atom is -0.358 e. The second-order valence-electron chi connectivity index (χ2n) is 4.09. The number of hydrogen-bond acceptors (Lipinski definition) is 2. The molecular formula is C13H20N2O. The summed E-state index contributed by atoms with van der Waals surface area (Å²) < 4.78 is 0. The summed E-state index contributed by atoms with van der Waals surface area (Å²) in [6.07, 6.45) is 0. The highest BCUT2D eigenvalue weighted by molar-refractivity contribution is 5.80. The van der Waals surface area contributed by atoms with Gasteiger partial charge in [0.2, 0.25) is 5.91 Å². The Morgan fingerprint density at radius 2 is 1.88 bits per heavy atom. The fourth-order valence-corrected chi connectivity index (χ4v) is 1.69. The zero-order valence-electron chi connectivity index (χ0n) is 10.4. The van der Waals surface area contributed by atoms with E-state index in [0.717, 1.165) is 6.54 Å². The fraction of sp³-hybridized carbons (Fsp3) is 0.462. The molecule has 0 aromatic heterocycles. The van der Waals surface area contributed by atoms with Gasteiger partial charge in [0.05, 0.1) is 6.04 Å². The Morgan fingerprint density at radius 3 is 2.38 bits per heavy atom. The summed E-state index contributed by atoms with van der Waals surface area (Å²) in [4.78, 5) is 11.3. The molecule has 0 radical (unpaired) electrons. The largest absolute Gasteiger partial charge is 0.358 e. The van der Waals surface area contributed by atoms with Crippen molar-refractivity contribution in [1.82, 2.24) is 10.6 Å². The number of amides is 1. The Balaban J connectivity index is 2.64. The molecule has 0 heterocycles. The monoisotopic (exact) mass is 220 g/mol. The van der Waals surface area contributed by atoms with Gasteiger partial charge in [0.1, 0.15) is 0 Å². The van der Waals surface area contributed by atoms with Gasteiger partial charge in [-0.25, -0.2) is 0 Å². The van der Waals surface area contributed by atoms with E-state index in [4.69, 9.17) is 0 Å². The number of nitrogens with one attached hydrogen (secondary N) is 2. The Kier molecular flexibility index (Phi) is 4.50. The number of likely N-dealkylation sites (N-methyl/N-ethyl adjacent to an activating group) is 1. The van der Waals surface area contributed by atoms with Gasteiger partial charge in [-0.15, -0.1) is 0 Å². The first-order chi connectivity index (χ1) is 7.56. The number of carbonyl (C=O) groups is 1. The lowest BCUT2D eigenvalue weighted by atomic mass is 10.0. The lowest BCUT2D eigenvalue weighted by Crippen LogP contribution is -2.40. The molecule has 1 amide bonds. The minimum atomic E-state index is -0.163. The van der Waals surface area contributed by atoms with Crippen molar-refractivity contribution in [1.29, 1.82) is 0 Å². The third-order valence-electron chi connectivity index (χ3n) is 2.87. The highest BCUT2D eigenvalue weighted by Crippen LogP contribution is 2.12. The van der Waals surface area contributed by atoms with E-state index in [0.29, 0.717) is 0 Å². The molecule has 3 nitrogen and oxygen atoms in total. The Hall–Kier alpha value is -1.35. The third-order valence-corrected chi connectivity index (χ3v) is 2.87. The predicted octanol–water partition coefficient (Wildman–Crippen LogP) is 1.53. The molecule has 1 unspecified atom stereocenters. The molecule has 0 saturated heterocycles. The maximum atomic E-state index is 11.3. The van der Waals surface area contributed by atoms with Crippen LogP contribution < -0.4 is 10.6 Å². The van der Waals surface area contributed by atoms with E-state index < -0.39 is 0 Å². The molecular weight excluding hydrogens is 200 g/mol. The first-order valence-electron chi connectivity index (χ1n) is 5.56. The minimum absolute atomic E-state index is 0.0197. The van der Waals surface area contributed by atoms with E-state index >= 15 is 0 Å². The Bertz CT molecular complexity index is 354. The molecule has 0 aliphatic carbocycles. The lowest BCUT2D eigenvalue weighted by molar-refractivity contribution is -0.122. The third kappa shape index (κ3) is 3.07. The summed E-state index contributed by atoms with van der Waals surface area (Å²) >= 11 is 0. The van der Waals surface area contributed by atoms with Crippen LogP contribution in [0.4, 0.5) is 0 Å². The number of rotatable bonds is 4. The molecule has 1 rings (SSSR count). The van der Waals surface area contributed by atoms with Gasteiger partial charge in [-0.3, -0.25) is 4.79 Å². The summed E-state index contributed by atoms with van der Waals surface area (Å²) in [5, 5.41) is 5.85. The molecule has 1 aromatic rings. The zero-order chi connectivity index (χ0) is 12.1. The maximum absolute atomic E-state index is 11.3. The van der Waals surface area contributed by atoms with Crippen LogP contribution in [0.25, 0.3) is 0 Å². The van der Waals surface area contributed by atoms with Gasteiger partial charge >= 0.3 is 0 Å². The van der Waals surface area contributed by atoms with Gasteiger partial charge in [0, 0.05) is 13.6 Å². The standard InChI is InChI=1S/C13H20N2O/c1-9-6-5-7-10(2)12(9)8-15-11(3)13(16)14-4/h5-7,11,15H,8H2,1-4H3,(H,14,16). The summed E-state index contributed by atoms with van der Waals surface area (Å²) in [6.45, 7) is 6.78. The summed E-state index contributed by atoms with van der Waals surface area (Å²) in [5.74, 6) is 0.0197. The quantitative estimate of drug-likeness (QED) is 0.808. The molecule has 16 heavy (non-hydrogen) atoms. The van der Waals surface area contributed by atoms with Crippen molar-refractivity contribution in [2.75, 3.05) is 7.05 Å². The second kappa shape index (κ2) is 5.66. The average molecular weight is 220 g/mol. The summed E-state index contributed by atoms with van der Waals surface area (Å²) in [5.41, 5.74) is 3.80. The van der Waals surface area contributed by atoms with Gasteiger partial charge in [-0.1, -0.05) is 18.2 Å². The van der Waals surface area contributed by atoms with Crippen LogP contribution in [0.5, 0.6) is 0 Å². The zero-order valence-corrected chi connectivity index (χ0v) is 10.4. The molecule has 0 aliphatic heterocycles. The highest BCUT2D eigenvalue weighted by Gasteiger charge is 2.10. The van der Waals surface area contributed by atoms with Gasteiger partial charge < -0.3 is 10.6 Å². The maximum Gasteiger partial charge on any atom is 0.236 e. The molecule has 0 spiro atoms. The SMILES string of the molecule is CNC(=O)C(C)NCc1c(C)cccc1C. The van der Waals surface area contributed by atoms with Crippen molar-refractivity contribution in [3.8, 4) is 0 Å². The van der Waals surface area contributed by atoms with Gasteiger partial charge in [-0.2, -0.15) is 0 Å². The van der Waals surface area contributed by atoms with Crippen LogP contribution in [-0.2, 0) is 11.3 Å². The fourth-order valence-electron chi connectivity index (χ4n) is 1.69. The first kappa shape index (κ1) is 12.7. The van der Waals surface area contributed by atoms with Crippen molar-refractivity contribution >= 4 is 5.91 Å². The van der Waals surface area contributed by atoms with Crippen molar-refractivity contribution in [2.24, 2.45) is 0 Å². The van der Waals surface area contributed by atoms with Crippen LogP contribution >= 0.6 is 0 Å². The molecule has 88 valence electrons. The van der Waals surface area contributed by atoms with Crippen molar-refractivity contribution in [3.63, 3.8) is 0 Å². The van der Waals surface area contributed by atoms with Gasteiger partial charge in [0.15, 0.2) is 0 Å². The van der Waals surface area contributed by atoms with E-state index in [2.05, 4.69) is 42.7 Å². The molecule has 0 fully saturated rings. The number of benzene rings is 1. The van der Waals surface area contributed by atoms with E-state index in [1.165, 1.54) is 16.7 Å². The Labute approximate surface area is 97.2 Å². The number of hydrogen-bond donors (Lipinski definition) is 2. The van der Waals surface area contributed by atoms with Crippen LogP contribution in [0.15, 0.2) is 18.2 Å². The van der Waals surface area contributed by atoms with E-state index in [1.54, 1.807) is 7.05 Å². The second-order valence-corrected chi connectivity index (χ2v) is 4.09. The van der Waals surface area contributed by atoms with E-state index in [9.17, 15) is 4.79 Å². The van der Waals surface area contributed by atoms with Gasteiger partial charge in [0.25, 0.3) is 0 Å². The van der Waals surface area contributed by atoms with Crippen LogP contribution in [0.3, 0.4) is 0 Å².